The Morgan fingerprint density at radius 3 is 2.30 bits per heavy atom. The number of likely N-dealkylation sites (N-methyl/N-ethyl adjacent to an activating group) is 1. The first kappa shape index (κ1) is 25.3. The fourth-order valence-corrected chi connectivity index (χ4v) is 5.55. The van der Waals surface area contributed by atoms with Gasteiger partial charge in [-0.15, -0.1) is 0 Å². The van der Waals surface area contributed by atoms with E-state index in [-0.39, 0.29) is 5.91 Å². The predicted molar refractivity (Wildman–Crippen MR) is 152 cm³/mol. The van der Waals surface area contributed by atoms with Gasteiger partial charge in [-0.05, 0) is 75.0 Å². The number of carbonyl (C=O) groups excluding carboxylic acids is 1. The average molecular weight is 498 g/mol. The van der Waals surface area contributed by atoms with E-state index in [2.05, 4.69) is 63.0 Å². The third kappa shape index (κ3) is 6.13. The maximum Gasteiger partial charge on any atom is 0.254 e. The Morgan fingerprint density at radius 2 is 1.57 bits per heavy atom. The van der Waals surface area contributed by atoms with Crippen LogP contribution < -0.4 is 9.80 Å². The van der Waals surface area contributed by atoms with E-state index in [1.54, 1.807) is 0 Å². The molecule has 6 nitrogen and oxygen atoms in total. The van der Waals surface area contributed by atoms with Crippen molar-refractivity contribution >= 4 is 23.2 Å². The molecule has 0 N–H and O–H groups in total. The highest BCUT2D eigenvalue weighted by Crippen LogP contribution is 2.28. The molecule has 2 aromatic carbocycles. The third-order valence-corrected chi connectivity index (χ3v) is 7.81. The number of hydrogen-bond donors (Lipinski definition) is 0. The quantitative estimate of drug-likeness (QED) is 0.405. The largest absolute Gasteiger partial charge is 0.359 e. The van der Waals surface area contributed by atoms with E-state index < -0.39 is 0 Å². The van der Waals surface area contributed by atoms with E-state index in [1.165, 1.54) is 18.4 Å². The molecule has 0 aliphatic carbocycles. The SMILES string of the molecule is CN(CCc1ccccc1)c1cc(C(=O)N2CCC[C@H]2CN2CCCC2)cc(N(C)c2ccccc2)n1. The van der Waals surface area contributed by atoms with Crippen molar-refractivity contribution in [1.29, 1.82) is 0 Å². The van der Waals surface area contributed by atoms with E-state index in [4.69, 9.17) is 4.98 Å². The van der Waals surface area contributed by atoms with Crippen LogP contribution in [-0.2, 0) is 6.42 Å². The molecule has 1 aromatic heterocycles. The molecule has 194 valence electrons. The summed E-state index contributed by atoms with van der Waals surface area (Å²) in [4.78, 5) is 27.8. The van der Waals surface area contributed by atoms with Gasteiger partial charge in [0.25, 0.3) is 5.91 Å². The van der Waals surface area contributed by atoms with Gasteiger partial charge in [-0.2, -0.15) is 0 Å². The fraction of sp³-hybridized carbons (Fsp3) is 0.419. The minimum Gasteiger partial charge on any atom is -0.359 e. The molecule has 3 heterocycles. The number of carbonyl (C=O) groups is 1. The molecule has 2 saturated heterocycles. The molecule has 2 fully saturated rings. The lowest BCUT2D eigenvalue weighted by Crippen LogP contribution is -2.42. The van der Waals surface area contributed by atoms with Crippen molar-refractivity contribution in [2.24, 2.45) is 0 Å². The summed E-state index contributed by atoms with van der Waals surface area (Å²) in [7, 11) is 4.09. The Kier molecular flexibility index (Phi) is 8.05. The van der Waals surface area contributed by atoms with E-state index in [1.807, 2.05) is 43.4 Å². The van der Waals surface area contributed by atoms with Crippen molar-refractivity contribution in [2.45, 2.75) is 38.1 Å². The lowest BCUT2D eigenvalue weighted by molar-refractivity contribution is 0.0708. The number of likely N-dealkylation sites (tertiary alicyclic amines) is 2. The molecule has 0 unspecified atom stereocenters. The van der Waals surface area contributed by atoms with Gasteiger partial charge in [0, 0.05) is 51.0 Å². The van der Waals surface area contributed by atoms with Crippen molar-refractivity contribution in [3.8, 4) is 0 Å². The molecular weight excluding hydrogens is 458 g/mol. The molecule has 2 aliphatic heterocycles. The predicted octanol–water partition coefficient (Wildman–Crippen LogP) is 5.23. The maximum atomic E-state index is 13.9. The number of hydrogen-bond acceptors (Lipinski definition) is 5. The van der Waals surface area contributed by atoms with Crippen LogP contribution in [0, 0.1) is 0 Å². The number of nitrogens with zero attached hydrogens (tertiary/aromatic N) is 5. The normalized spacial score (nSPS) is 17.8. The van der Waals surface area contributed by atoms with Gasteiger partial charge < -0.3 is 19.6 Å². The zero-order valence-corrected chi connectivity index (χ0v) is 22.2. The van der Waals surface area contributed by atoms with Gasteiger partial charge in [0.1, 0.15) is 11.6 Å². The second-order valence-corrected chi connectivity index (χ2v) is 10.4. The highest BCUT2D eigenvalue weighted by atomic mass is 16.2. The lowest BCUT2D eigenvalue weighted by Gasteiger charge is -2.29. The first-order valence-corrected chi connectivity index (χ1v) is 13.7. The van der Waals surface area contributed by atoms with Crippen LogP contribution in [0.15, 0.2) is 72.8 Å². The van der Waals surface area contributed by atoms with Crippen LogP contribution in [-0.4, -0.2) is 73.6 Å². The molecule has 0 bridgehead atoms. The minimum absolute atomic E-state index is 0.129. The van der Waals surface area contributed by atoms with Crippen LogP contribution in [0.5, 0.6) is 0 Å². The summed E-state index contributed by atoms with van der Waals surface area (Å²) in [6.45, 7) is 4.98. The molecule has 0 radical (unpaired) electrons. The second kappa shape index (κ2) is 11.8. The molecule has 0 spiro atoms. The van der Waals surface area contributed by atoms with E-state index in [0.717, 1.165) is 74.9 Å². The molecular formula is C31H39N5O. The van der Waals surface area contributed by atoms with E-state index >= 15 is 0 Å². The van der Waals surface area contributed by atoms with Crippen LogP contribution in [0.4, 0.5) is 17.3 Å². The monoisotopic (exact) mass is 497 g/mol. The number of pyridine rings is 1. The molecule has 5 rings (SSSR count). The highest BCUT2D eigenvalue weighted by molar-refractivity contribution is 5.96. The minimum atomic E-state index is 0.129. The van der Waals surface area contributed by atoms with Gasteiger partial charge in [0.05, 0.1) is 0 Å². The summed E-state index contributed by atoms with van der Waals surface area (Å²) >= 11 is 0. The van der Waals surface area contributed by atoms with E-state index in [0.29, 0.717) is 6.04 Å². The number of benzene rings is 2. The zero-order valence-electron chi connectivity index (χ0n) is 22.2. The van der Waals surface area contributed by atoms with Crippen molar-refractivity contribution < 1.29 is 4.79 Å². The fourth-order valence-electron chi connectivity index (χ4n) is 5.55. The van der Waals surface area contributed by atoms with Crippen molar-refractivity contribution in [3.63, 3.8) is 0 Å². The Hall–Kier alpha value is -3.38. The van der Waals surface area contributed by atoms with Gasteiger partial charge in [0.2, 0.25) is 0 Å². The van der Waals surface area contributed by atoms with Crippen LogP contribution in [0.3, 0.4) is 0 Å². The van der Waals surface area contributed by atoms with Gasteiger partial charge in [0.15, 0.2) is 0 Å². The average Bonchev–Trinajstić information content (AvgIpc) is 3.64. The molecule has 2 aliphatic rings. The summed E-state index contributed by atoms with van der Waals surface area (Å²) in [5.74, 6) is 1.74. The zero-order chi connectivity index (χ0) is 25.6. The maximum absolute atomic E-state index is 13.9. The molecule has 37 heavy (non-hydrogen) atoms. The van der Waals surface area contributed by atoms with Crippen molar-refractivity contribution in [2.75, 3.05) is 56.6 Å². The van der Waals surface area contributed by atoms with Gasteiger partial charge >= 0.3 is 0 Å². The summed E-state index contributed by atoms with van der Waals surface area (Å²) < 4.78 is 0. The molecule has 3 aromatic rings. The Bertz CT molecular complexity index is 1160. The topological polar surface area (TPSA) is 42.9 Å². The summed E-state index contributed by atoms with van der Waals surface area (Å²) in [5, 5.41) is 0. The Morgan fingerprint density at radius 1 is 0.892 bits per heavy atom. The van der Waals surface area contributed by atoms with Crippen molar-refractivity contribution in [3.05, 3.63) is 83.9 Å². The van der Waals surface area contributed by atoms with Gasteiger partial charge in [-0.3, -0.25) is 4.79 Å². The van der Waals surface area contributed by atoms with Gasteiger partial charge in [-0.25, -0.2) is 4.98 Å². The number of anilines is 3. The number of aromatic nitrogens is 1. The number of rotatable bonds is 9. The molecule has 1 amide bonds. The first-order chi connectivity index (χ1) is 18.1. The molecule has 6 heteroatoms. The van der Waals surface area contributed by atoms with Crippen LogP contribution >= 0.6 is 0 Å². The number of amides is 1. The van der Waals surface area contributed by atoms with Gasteiger partial charge in [-0.1, -0.05) is 48.5 Å². The van der Waals surface area contributed by atoms with Crippen LogP contribution in [0.25, 0.3) is 0 Å². The Labute approximate surface area is 221 Å². The highest BCUT2D eigenvalue weighted by Gasteiger charge is 2.32. The Balaban J connectivity index is 1.41. The summed E-state index contributed by atoms with van der Waals surface area (Å²) in [6.07, 6.45) is 5.65. The van der Waals surface area contributed by atoms with Crippen LogP contribution in [0.1, 0.15) is 41.6 Å². The van der Waals surface area contributed by atoms with Crippen molar-refractivity contribution in [1.82, 2.24) is 14.8 Å². The standard InChI is InChI=1S/C31H39N5O/c1-33(21-17-25-12-5-3-6-13-25)29-22-26(23-30(32-29)34(2)27-14-7-4-8-15-27)31(37)36-20-11-16-28(36)24-35-18-9-10-19-35/h3-8,12-15,22-23,28H,9-11,16-21,24H2,1-2H3/t28-/m0/s1. The summed E-state index contributed by atoms with van der Waals surface area (Å²) in [6, 6.07) is 25.0. The third-order valence-electron chi connectivity index (χ3n) is 7.81. The van der Waals surface area contributed by atoms with E-state index in [9.17, 15) is 4.79 Å². The first-order valence-electron chi connectivity index (χ1n) is 13.7. The summed E-state index contributed by atoms with van der Waals surface area (Å²) in [5.41, 5.74) is 3.07. The number of para-hydroxylation sites is 1. The molecule has 0 saturated carbocycles. The smallest absolute Gasteiger partial charge is 0.254 e. The molecule has 1 atom stereocenters. The van der Waals surface area contributed by atoms with Crippen LogP contribution in [0.2, 0.25) is 0 Å². The second-order valence-electron chi connectivity index (χ2n) is 10.4. The lowest BCUT2D eigenvalue weighted by atomic mass is 10.1.